The molecular weight excluding hydrogens is 274 g/mol. The summed E-state index contributed by atoms with van der Waals surface area (Å²) in [5, 5.41) is 11.1. The van der Waals surface area contributed by atoms with Gasteiger partial charge in [0.25, 0.3) is 0 Å². The van der Waals surface area contributed by atoms with E-state index in [0.29, 0.717) is 0 Å². The van der Waals surface area contributed by atoms with Crippen LogP contribution in [0.2, 0.25) is 0 Å². The lowest BCUT2D eigenvalue weighted by molar-refractivity contribution is -0.387. The molecule has 108 valence electrons. The van der Waals surface area contributed by atoms with E-state index in [1.54, 1.807) is 6.08 Å². The average molecular weight is 287 g/mol. The van der Waals surface area contributed by atoms with Gasteiger partial charge in [0.15, 0.2) is 0 Å². The average Bonchev–Trinajstić information content (AvgIpc) is 2.48. The van der Waals surface area contributed by atoms with E-state index in [0.717, 1.165) is 14.7 Å². The van der Waals surface area contributed by atoms with E-state index in [2.05, 4.69) is 0 Å². The Kier molecular flexibility index (Phi) is 3.84. The molecular formula is C14H13N3O4. The summed E-state index contributed by atoms with van der Waals surface area (Å²) in [7, 11) is 2.60. The van der Waals surface area contributed by atoms with E-state index in [1.807, 2.05) is 30.3 Å². The van der Waals surface area contributed by atoms with E-state index in [-0.39, 0.29) is 5.69 Å². The van der Waals surface area contributed by atoms with Crippen molar-refractivity contribution in [2.24, 2.45) is 14.1 Å². The predicted molar refractivity (Wildman–Crippen MR) is 78.9 cm³/mol. The van der Waals surface area contributed by atoms with Crippen molar-refractivity contribution in [1.82, 2.24) is 9.13 Å². The number of nitro groups is 1. The minimum absolute atomic E-state index is 0.0306. The maximum atomic E-state index is 11.9. The zero-order valence-corrected chi connectivity index (χ0v) is 11.5. The quantitative estimate of drug-likeness (QED) is 0.626. The highest BCUT2D eigenvalue weighted by Crippen LogP contribution is 2.14. The van der Waals surface area contributed by atoms with E-state index < -0.39 is 21.9 Å². The van der Waals surface area contributed by atoms with Crippen LogP contribution in [0.25, 0.3) is 12.2 Å². The van der Waals surface area contributed by atoms with Crippen molar-refractivity contribution in [1.29, 1.82) is 0 Å². The van der Waals surface area contributed by atoms with Crippen LogP contribution >= 0.6 is 0 Å². The highest BCUT2D eigenvalue weighted by molar-refractivity contribution is 5.71. The van der Waals surface area contributed by atoms with Crippen molar-refractivity contribution in [2.45, 2.75) is 0 Å². The van der Waals surface area contributed by atoms with Crippen LogP contribution in [0.5, 0.6) is 0 Å². The fraction of sp³-hybridized carbons (Fsp3) is 0.143. The highest BCUT2D eigenvalue weighted by Gasteiger charge is 2.23. The van der Waals surface area contributed by atoms with Gasteiger partial charge in [0, 0.05) is 14.1 Å². The molecule has 0 amide bonds. The number of nitrogens with zero attached hydrogens (tertiary/aromatic N) is 3. The minimum atomic E-state index is -0.921. The molecule has 2 aromatic rings. The van der Waals surface area contributed by atoms with E-state index in [9.17, 15) is 19.7 Å². The van der Waals surface area contributed by atoms with Gasteiger partial charge in [-0.3, -0.25) is 24.0 Å². The van der Waals surface area contributed by atoms with Gasteiger partial charge in [-0.2, -0.15) is 0 Å². The first-order chi connectivity index (χ1) is 9.93. The summed E-state index contributed by atoms with van der Waals surface area (Å²) in [6.45, 7) is 0. The van der Waals surface area contributed by atoms with Gasteiger partial charge in [0.1, 0.15) is 5.69 Å². The Morgan fingerprint density at radius 2 is 1.67 bits per heavy atom. The molecule has 0 spiro atoms. The van der Waals surface area contributed by atoms with Gasteiger partial charge >= 0.3 is 16.9 Å². The third-order valence-electron chi connectivity index (χ3n) is 3.10. The zero-order chi connectivity index (χ0) is 15.6. The molecule has 0 aliphatic rings. The van der Waals surface area contributed by atoms with Gasteiger partial charge in [-0.05, 0) is 11.6 Å². The molecule has 7 heteroatoms. The van der Waals surface area contributed by atoms with Gasteiger partial charge in [-0.1, -0.05) is 36.4 Å². The van der Waals surface area contributed by atoms with Crippen molar-refractivity contribution < 1.29 is 4.92 Å². The van der Waals surface area contributed by atoms with Gasteiger partial charge in [0.05, 0.1) is 4.92 Å². The molecule has 0 aliphatic carbocycles. The third kappa shape index (κ3) is 2.66. The number of aromatic nitrogens is 2. The summed E-state index contributed by atoms with van der Waals surface area (Å²) in [6, 6.07) is 9.09. The monoisotopic (exact) mass is 287 g/mol. The molecule has 0 atom stereocenters. The first kappa shape index (κ1) is 14.4. The maximum absolute atomic E-state index is 11.9. The van der Waals surface area contributed by atoms with Gasteiger partial charge in [0.2, 0.25) is 0 Å². The van der Waals surface area contributed by atoms with Crippen molar-refractivity contribution in [3.63, 3.8) is 0 Å². The Bertz CT molecular complexity index is 832. The number of hydrogen-bond acceptors (Lipinski definition) is 4. The van der Waals surface area contributed by atoms with Crippen LogP contribution < -0.4 is 11.2 Å². The zero-order valence-electron chi connectivity index (χ0n) is 11.5. The summed E-state index contributed by atoms with van der Waals surface area (Å²) in [4.78, 5) is 34.1. The first-order valence-corrected chi connectivity index (χ1v) is 6.11. The molecule has 1 aromatic carbocycles. The van der Waals surface area contributed by atoms with Crippen molar-refractivity contribution >= 4 is 17.8 Å². The molecule has 7 nitrogen and oxygen atoms in total. The smallest absolute Gasteiger partial charge is 0.291 e. The maximum Gasteiger partial charge on any atom is 0.357 e. The van der Waals surface area contributed by atoms with Crippen molar-refractivity contribution in [3.8, 4) is 0 Å². The lowest BCUT2D eigenvalue weighted by Crippen LogP contribution is -2.39. The lowest BCUT2D eigenvalue weighted by atomic mass is 10.2. The second kappa shape index (κ2) is 5.58. The second-order valence-electron chi connectivity index (χ2n) is 4.44. The molecule has 0 radical (unpaired) electrons. The van der Waals surface area contributed by atoms with Crippen LogP contribution in [0, 0.1) is 10.1 Å². The third-order valence-corrected chi connectivity index (χ3v) is 3.10. The lowest BCUT2D eigenvalue weighted by Gasteiger charge is -2.06. The van der Waals surface area contributed by atoms with Crippen LogP contribution in [0.1, 0.15) is 11.3 Å². The van der Waals surface area contributed by atoms with Crippen LogP contribution in [0.3, 0.4) is 0 Å². The second-order valence-corrected chi connectivity index (χ2v) is 4.44. The SMILES string of the molecule is Cn1c(/C=C/c2ccccc2)c([N+](=O)[O-])c(=O)n(C)c1=O. The summed E-state index contributed by atoms with van der Waals surface area (Å²) in [6.07, 6.45) is 3.01. The van der Waals surface area contributed by atoms with Crippen molar-refractivity contribution in [2.75, 3.05) is 0 Å². The van der Waals surface area contributed by atoms with Crippen LogP contribution in [-0.2, 0) is 14.1 Å². The first-order valence-electron chi connectivity index (χ1n) is 6.11. The number of hydrogen-bond donors (Lipinski definition) is 0. The van der Waals surface area contributed by atoms with Gasteiger partial charge in [-0.25, -0.2) is 4.79 Å². The molecule has 21 heavy (non-hydrogen) atoms. The molecule has 0 aliphatic heterocycles. The Morgan fingerprint density at radius 3 is 2.24 bits per heavy atom. The largest absolute Gasteiger partial charge is 0.357 e. The van der Waals surface area contributed by atoms with Gasteiger partial charge < -0.3 is 0 Å². The molecule has 0 N–H and O–H groups in total. The normalized spacial score (nSPS) is 11.0. The standard InChI is InChI=1S/C14H13N3O4/c1-15-11(9-8-10-6-4-3-5-7-10)12(17(20)21)13(18)16(2)14(15)19/h3-9H,1-2H3/b9-8+. The Balaban J connectivity index is 2.69. The molecule has 0 saturated carbocycles. The fourth-order valence-corrected chi connectivity index (χ4v) is 1.94. The van der Waals surface area contributed by atoms with Gasteiger partial charge in [-0.15, -0.1) is 0 Å². The summed E-state index contributed by atoms with van der Waals surface area (Å²) < 4.78 is 1.80. The van der Waals surface area contributed by atoms with E-state index >= 15 is 0 Å². The summed E-state index contributed by atoms with van der Waals surface area (Å²) >= 11 is 0. The summed E-state index contributed by atoms with van der Waals surface area (Å²) in [5.74, 6) is 0. The molecule has 0 fully saturated rings. The Morgan fingerprint density at radius 1 is 1.05 bits per heavy atom. The predicted octanol–water partition coefficient (Wildman–Crippen LogP) is 1.16. The molecule has 2 rings (SSSR count). The molecule has 1 aromatic heterocycles. The number of benzene rings is 1. The van der Waals surface area contributed by atoms with Crippen LogP contribution in [0.15, 0.2) is 39.9 Å². The van der Waals surface area contributed by atoms with Crippen LogP contribution in [-0.4, -0.2) is 14.1 Å². The molecule has 0 saturated heterocycles. The van der Waals surface area contributed by atoms with Crippen LogP contribution in [0.4, 0.5) is 5.69 Å². The topological polar surface area (TPSA) is 87.1 Å². The Labute approximate surface area is 119 Å². The minimum Gasteiger partial charge on any atom is -0.291 e. The fourth-order valence-electron chi connectivity index (χ4n) is 1.94. The molecule has 0 unspecified atom stereocenters. The van der Waals surface area contributed by atoms with E-state index in [4.69, 9.17) is 0 Å². The number of rotatable bonds is 3. The Hall–Kier alpha value is -2.96. The highest BCUT2D eigenvalue weighted by atomic mass is 16.6. The summed E-state index contributed by atoms with van der Waals surface area (Å²) in [5.41, 5.74) is -1.38. The molecule has 0 bridgehead atoms. The molecule has 1 heterocycles. The van der Waals surface area contributed by atoms with E-state index in [1.165, 1.54) is 20.2 Å². The van der Waals surface area contributed by atoms with Crippen molar-refractivity contribution in [3.05, 3.63) is 72.5 Å².